The topological polar surface area (TPSA) is 53.5 Å². The molecule has 0 bridgehead atoms. The van der Waals surface area contributed by atoms with Crippen LogP contribution < -0.4 is 10.6 Å². The Morgan fingerprint density at radius 1 is 0.926 bits per heavy atom. The maximum absolute atomic E-state index is 11.2. The van der Waals surface area contributed by atoms with Crippen molar-refractivity contribution in [1.82, 2.24) is 10.6 Å². The number of hydrogen-bond acceptors (Lipinski definition) is 4. The number of nitrogens with one attached hydrogen (secondary N) is 2. The van der Waals surface area contributed by atoms with E-state index in [0.29, 0.717) is 17.8 Å². The Kier molecular flexibility index (Phi) is 5.76. The summed E-state index contributed by atoms with van der Waals surface area (Å²) in [5, 5.41) is 18.4. The molecule has 0 aromatic heterocycles. The fourth-order valence-corrected chi connectivity index (χ4v) is 6.95. The van der Waals surface area contributed by atoms with Gasteiger partial charge in [0.25, 0.3) is 0 Å². The van der Waals surface area contributed by atoms with E-state index < -0.39 is 5.60 Å². The molecule has 0 spiro atoms. The minimum atomic E-state index is -0.685. The van der Waals surface area contributed by atoms with Gasteiger partial charge >= 0.3 is 0 Å². The van der Waals surface area contributed by atoms with Crippen molar-refractivity contribution in [2.75, 3.05) is 14.1 Å². The van der Waals surface area contributed by atoms with E-state index in [-0.39, 0.29) is 28.2 Å². The Bertz CT molecular complexity index is 554. The van der Waals surface area contributed by atoms with Crippen LogP contribution in [0, 0.1) is 17.8 Å². The van der Waals surface area contributed by atoms with E-state index in [9.17, 15) is 5.11 Å². The summed E-state index contributed by atoms with van der Waals surface area (Å²) < 4.78 is 6.76. The molecule has 3 rings (SSSR count). The third-order valence-electron chi connectivity index (χ3n) is 8.55. The summed E-state index contributed by atoms with van der Waals surface area (Å²) in [4.78, 5) is 0. The van der Waals surface area contributed by atoms with Crippen LogP contribution in [0.15, 0.2) is 0 Å². The Morgan fingerprint density at radius 2 is 1.56 bits per heavy atom. The van der Waals surface area contributed by atoms with Crippen molar-refractivity contribution >= 4 is 11.6 Å². The SMILES string of the molecule is CN[C@H]1[C@H]2C([C@]3(C)CC[C@@H](Cl)C(C)(C)O3)CC[C@@](C)(NC)[C@@H]2CC[C@]1(C)O. The van der Waals surface area contributed by atoms with Gasteiger partial charge in [-0.1, -0.05) is 0 Å². The number of hydrogen-bond donors (Lipinski definition) is 3. The molecule has 1 unspecified atom stereocenters. The van der Waals surface area contributed by atoms with Crippen molar-refractivity contribution in [2.24, 2.45) is 17.8 Å². The molecule has 5 heteroatoms. The summed E-state index contributed by atoms with van der Waals surface area (Å²) in [6, 6.07) is 0.0755. The van der Waals surface area contributed by atoms with Crippen molar-refractivity contribution in [3.8, 4) is 0 Å². The standard InChI is InChI=1S/C22H41ClN2O2/c1-19(2)16(23)10-13-22(5,27-19)15-8-11-20(3,25-7)14-9-12-21(4,26)18(24-6)17(14)15/h14-18,24-26H,8-13H2,1-7H3/t14-,15?,16-,17-,18+,20-,21+,22+/m1/s1. The van der Waals surface area contributed by atoms with Gasteiger partial charge in [0.15, 0.2) is 0 Å². The Morgan fingerprint density at radius 3 is 2.11 bits per heavy atom. The number of alkyl halides is 1. The number of halogens is 1. The molecule has 4 nitrogen and oxygen atoms in total. The van der Waals surface area contributed by atoms with E-state index in [2.05, 4.69) is 45.4 Å². The van der Waals surface area contributed by atoms with Gasteiger partial charge in [-0.3, -0.25) is 0 Å². The Labute approximate surface area is 171 Å². The molecule has 2 aliphatic carbocycles. The highest BCUT2D eigenvalue weighted by Crippen LogP contribution is 2.56. The average molecular weight is 401 g/mol. The monoisotopic (exact) mass is 400 g/mol. The number of fused-ring (bicyclic) bond motifs is 1. The molecule has 3 fully saturated rings. The second kappa shape index (κ2) is 7.12. The van der Waals surface area contributed by atoms with Crippen molar-refractivity contribution in [3.05, 3.63) is 0 Å². The van der Waals surface area contributed by atoms with Gasteiger partial charge in [0.1, 0.15) is 0 Å². The fraction of sp³-hybridized carbons (Fsp3) is 1.00. The highest BCUT2D eigenvalue weighted by Gasteiger charge is 2.60. The third-order valence-corrected chi connectivity index (χ3v) is 9.29. The lowest BCUT2D eigenvalue weighted by molar-refractivity contribution is -0.223. The van der Waals surface area contributed by atoms with E-state index in [1.54, 1.807) is 0 Å². The number of aliphatic hydroxyl groups is 1. The van der Waals surface area contributed by atoms with Gasteiger partial charge in [0.05, 0.1) is 22.2 Å². The quantitative estimate of drug-likeness (QED) is 0.632. The fourth-order valence-electron chi connectivity index (χ4n) is 6.80. The summed E-state index contributed by atoms with van der Waals surface area (Å²) in [7, 11) is 4.10. The zero-order valence-corrected chi connectivity index (χ0v) is 19.1. The normalized spacial score (nSPS) is 53.0. The molecule has 1 heterocycles. The van der Waals surface area contributed by atoms with E-state index in [1.165, 1.54) is 0 Å². The Hall–Kier alpha value is 0.130. The van der Waals surface area contributed by atoms with Crippen LogP contribution in [-0.2, 0) is 4.74 Å². The molecule has 0 amide bonds. The van der Waals surface area contributed by atoms with Crippen molar-refractivity contribution in [1.29, 1.82) is 0 Å². The molecule has 3 N–H and O–H groups in total. The molecule has 27 heavy (non-hydrogen) atoms. The van der Waals surface area contributed by atoms with Crippen LogP contribution in [0.3, 0.4) is 0 Å². The summed E-state index contributed by atoms with van der Waals surface area (Å²) in [5.74, 6) is 1.31. The van der Waals surface area contributed by atoms with Crippen LogP contribution in [0.4, 0.5) is 0 Å². The molecule has 0 radical (unpaired) electrons. The largest absolute Gasteiger partial charge is 0.389 e. The molecule has 8 atom stereocenters. The number of ether oxygens (including phenoxy) is 1. The summed E-state index contributed by atoms with van der Waals surface area (Å²) in [6.45, 7) is 10.9. The number of rotatable bonds is 3. The highest BCUT2D eigenvalue weighted by atomic mass is 35.5. The van der Waals surface area contributed by atoms with Gasteiger partial charge in [0, 0.05) is 11.6 Å². The molecule has 1 saturated heterocycles. The minimum absolute atomic E-state index is 0.0575. The molecular formula is C22H41ClN2O2. The molecule has 0 aromatic carbocycles. The minimum Gasteiger partial charge on any atom is -0.389 e. The summed E-state index contributed by atoms with van der Waals surface area (Å²) >= 11 is 6.59. The van der Waals surface area contributed by atoms with E-state index in [1.807, 2.05) is 14.0 Å². The molecule has 2 saturated carbocycles. The summed E-state index contributed by atoms with van der Waals surface area (Å²) in [6.07, 6.45) is 6.15. The van der Waals surface area contributed by atoms with Gasteiger partial charge < -0.3 is 20.5 Å². The van der Waals surface area contributed by atoms with Crippen molar-refractivity contribution in [3.63, 3.8) is 0 Å². The average Bonchev–Trinajstić information content (AvgIpc) is 2.57. The van der Waals surface area contributed by atoms with Crippen molar-refractivity contribution < 1.29 is 9.84 Å². The second-order valence-electron chi connectivity index (χ2n) is 10.7. The zero-order valence-electron chi connectivity index (χ0n) is 18.4. The first-order valence-corrected chi connectivity index (χ1v) is 11.3. The van der Waals surface area contributed by atoms with E-state index in [0.717, 1.165) is 38.5 Å². The van der Waals surface area contributed by atoms with Crippen molar-refractivity contribution in [2.45, 2.75) is 107 Å². The van der Waals surface area contributed by atoms with Gasteiger partial charge in [-0.15, -0.1) is 11.6 Å². The predicted octanol–water partition coefficient (Wildman–Crippen LogP) is 3.69. The molecule has 3 aliphatic rings. The first-order valence-electron chi connectivity index (χ1n) is 10.8. The van der Waals surface area contributed by atoms with Crippen LogP contribution in [0.25, 0.3) is 0 Å². The molecule has 158 valence electrons. The van der Waals surface area contributed by atoms with Gasteiger partial charge in [-0.25, -0.2) is 0 Å². The van der Waals surface area contributed by atoms with Crippen LogP contribution in [0.1, 0.15) is 73.1 Å². The van der Waals surface area contributed by atoms with E-state index in [4.69, 9.17) is 16.3 Å². The maximum atomic E-state index is 11.2. The second-order valence-corrected chi connectivity index (χ2v) is 11.2. The maximum Gasteiger partial charge on any atom is 0.0796 e. The predicted molar refractivity (Wildman–Crippen MR) is 112 cm³/mol. The van der Waals surface area contributed by atoms with Gasteiger partial charge in [-0.2, -0.15) is 0 Å². The highest BCUT2D eigenvalue weighted by molar-refractivity contribution is 6.21. The molecular weight excluding hydrogens is 360 g/mol. The first-order chi connectivity index (χ1) is 12.4. The lowest BCUT2D eigenvalue weighted by atomic mass is 9.50. The van der Waals surface area contributed by atoms with E-state index >= 15 is 0 Å². The Balaban J connectivity index is 2.00. The van der Waals surface area contributed by atoms with Crippen LogP contribution in [0.5, 0.6) is 0 Å². The van der Waals surface area contributed by atoms with Crippen LogP contribution in [-0.4, -0.2) is 53.0 Å². The van der Waals surface area contributed by atoms with Crippen LogP contribution in [0.2, 0.25) is 0 Å². The van der Waals surface area contributed by atoms with Gasteiger partial charge in [0.2, 0.25) is 0 Å². The number of likely N-dealkylation sites (N-methyl/N-ethyl adjacent to an activating group) is 1. The zero-order chi connectivity index (χ0) is 20.3. The summed E-state index contributed by atoms with van der Waals surface area (Å²) in [5.41, 5.74) is -1.09. The molecule has 0 aromatic rings. The third kappa shape index (κ3) is 3.59. The lowest BCUT2D eigenvalue weighted by Crippen LogP contribution is -2.69. The smallest absolute Gasteiger partial charge is 0.0796 e. The van der Waals surface area contributed by atoms with Gasteiger partial charge in [-0.05, 0) is 105 Å². The lowest BCUT2D eigenvalue weighted by Gasteiger charge is -2.62. The van der Waals surface area contributed by atoms with Crippen LogP contribution >= 0.6 is 11.6 Å². The molecule has 1 aliphatic heterocycles. The first kappa shape index (κ1) is 21.8.